The van der Waals surface area contributed by atoms with Crippen molar-refractivity contribution in [2.24, 2.45) is 0 Å². The lowest BCUT2D eigenvalue weighted by Crippen LogP contribution is -2.46. The molecule has 3 aliphatic rings. The Kier molecular flexibility index (Phi) is 1.04. The maximum atomic E-state index is 9.46. The molecule has 3 unspecified atom stereocenters. The van der Waals surface area contributed by atoms with Gasteiger partial charge in [0.2, 0.25) is 0 Å². The van der Waals surface area contributed by atoms with Crippen LogP contribution in [0.25, 0.3) is 0 Å². The molecule has 3 heterocycles. The van der Waals surface area contributed by atoms with Gasteiger partial charge < -0.3 is 9.84 Å². The second kappa shape index (κ2) is 1.79. The Labute approximate surface area is 65.9 Å². The normalized spacial score (nSPS) is 61.1. The molecule has 0 aromatic heterocycles. The molecule has 0 aromatic carbocycles. The van der Waals surface area contributed by atoms with Crippen molar-refractivity contribution in [1.29, 1.82) is 0 Å². The zero-order valence-electron chi connectivity index (χ0n) is 6.60. The van der Waals surface area contributed by atoms with Gasteiger partial charge in [0, 0.05) is 12.1 Å². The Hall–Kier alpha value is -0.120. The van der Waals surface area contributed by atoms with Crippen LogP contribution in [-0.2, 0) is 4.74 Å². The number of piperidine rings is 1. The van der Waals surface area contributed by atoms with Crippen LogP contribution in [0.2, 0.25) is 0 Å². The number of likely N-dealkylation sites (N-methyl/N-ethyl adjacent to an activating group) is 1. The van der Waals surface area contributed by atoms with E-state index in [-0.39, 0.29) is 6.10 Å². The van der Waals surface area contributed by atoms with Gasteiger partial charge >= 0.3 is 0 Å². The molecule has 0 aromatic rings. The van der Waals surface area contributed by atoms with Gasteiger partial charge in [-0.1, -0.05) is 0 Å². The molecule has 3 aliphatic heterocycles. The maximum Gasteiger partial charge on any atom is 0.101 e. The fourth-order valence-corrected chi connectivity index (χ4v) is 2.72. The number of rotatable bonds is 0. The minimum atomic E-state index is -0.0717. The SMILES string of the molecule is CN1C2CC(O)C[C@H]1[C@H]1OC21. The van der Waals surface area contributed by atoms with Crippen LogP contribution >= 0.6 is 0 Å². The third kappa shape index (κ3) is 0.687. The third-order valence-electron chi connectivity index (χ3n) is 3.39. The zero-order valence-corrected chi connectivity index (χ0v) is 6.60. The molecule has 0 saturated carbocycles. The van der Waals surface area contributed by atoms with E-state index in [1.807, 2.05) is 0 Å². The molecular weight excluding hydrogens is 142 g/mol. The smallest absolute Gasteiger partial charge is 0.101 e. The van der Waals surface area contributed by atoms with Crippen molar-refractivity contribution in [3.8, 4) is 0 Å². The summed E-state index contributed by atoms with van der Waals surface area (Å²) in [5, 5.41) is 9.46. The Bertz CT molecular complexity index is 179. The van der Waals surface area contributed by atoms with E-state index >= 15 is 0 Å². The van der Waals surface area contributed by atoms with Crippen molar-refractivity contribution < 1.29 is 9.84 Å². The highest BCUT2D eigenvalue weighted by Gasteiger charge is 2.62. The molecule has 0 spiro atoms. The summed E-state index contributed by atoms with van der Waals surface area (Å²) in [5.74, 6) is 0. The molecule has 3 saturated heterocycles. The number of hydrogen-bond donors (Lipinski definition) is 1. The number of aliphatic hydroxyl groups is 1. The largest absolute Gasteiger partial charge is 0.393 e. The molecular formula is C8H13NO2. The van der Waals surface area contributed by atoms with Crippen LogP contribution in [-0.4, -0.2) is 47.4 Å². The first-order chi connectivity index (χ1) is 5.27. The van der Waals surface area contributed by atoms with Gasteiger partial charge in [-0.25, -0.2) is 0 Å². The zero-order chi connectivity index (χ0) is 7.59. The van der Waals surface area contributed by atoms with Gasteiger partial charge in [0.05, 0.1) is 6.10 Å². The summed E-state index contributed by atoms with van der Waals surface area (Å²) in [6.07, 6.45) is 2.67. The average Bonchev–Trinajstić information content (AvgIpc) is 2.66. The minimum absolute atomic E-state index is 0.0717. The third-order valence-corrected chi connectivity index (χ3v) is 3.39. The van der Waals surface area contributed by atoms with E-state index in [9.17, 15) is 5.11 Å². The number of morpholine rings is 1. The first-order valence-electron chi connectivity index (χ1n) is 4.33. The van der Waals surface area contributed by atoms with E-state index in [0.717, 1.165) is 12.8 Å². The van der Waals surface area contributed by atoms with E-state index in [0.29, 0.717) is 24.3 Å². The van der Waals surface area contributed by atoms with Crippen molar-refractivity contribution in [1.82, 2.24) is 4.90 Å². The second-order valence-electron chi connectivity index (χ2n) is 3.99. The highest BCUT2D eigenvalue weighted by molar-refractivity contribution is 5.13. The molecule has 3 nitrogen and oxygen atoms in total. The van der Waals surface area contributed by atoms with Gasteiger partial charge in [0.15, 0.2) is 0 Å². The van der Waals surface area contributed by atoms with Gasteiger partial charge in [-0.05, 0) is 19.9 Å². The summed E-state index contributed by atoms with van der Waals surface area (Å²) in [4.78, 5) is 2.38. The van der Waals surface area contributed by atoms with Crippen molar-refractivity contribution in [3.05, 3.63) is 0 Å². The first kappa shape index (κ1) is 6.40. The summed E-state index contributed by atoms with van der Waals surface area (Å²) >= 11 is 0. The maximum absolute atomic E-state index is 9.46. The minimum Gasteiger partial charge on any atom is -0.393 e. The Balaban J connectivity index is 1.90. The fourth-order valence-electron chi connectivity index (χ4n) is 2.72. The number of aliphatic hydroxyl groups excluding tert-OH is 1. The molecule has 3 heteroatoms. The van der Waals surface area contributed by atoms with Gasteiger partial charge in [0.1, 0.15) is 12.2 Å². The highest BCUT2D eigenvalue weighted by Crippen LogP contribution is 2.47. The van der Waals surface area contributed by atoms with Crippen molar-refractivity contribution >= 4 is 0 Å². The van der Waals surface area contributed by atoms with Crippen molar-refractivity contribution in [2.45, 2.75) is 43.2 Å². The standard InChI is InChI=1S/C8H13NO2/c1-9-5-2-4(10)3-6(9)8-7(5)11-8/h4-8,10H,2-3H2,1H3/t4?,5-,6?,7+,8?/m0/s1. The van der Waals surface area contributed by atoms with Crippen LogP contribution in [0.5, 0.6) is 0 Å². The van der Waals surface area contributed by atoms with E-state index < -0.39 is 0 Å². The van der Waals surface area contributed by atoms with Crippen molar-refractivity contribution in [2.75, 3.05) is 7.05 Å². The van der Waals surface area contributed by atoms with Crippen LogP contribution in [0.15, 0.2) is 0 Å². The summed E-state index contributed by atoms with van der Waals surface area (Å²) in [5.41, 5.74) is 0. The number of ether oxygens (including phenoxy) is 1. The summed E-state index contributed by atoms with van der Waals surface area (Å²) in [6.45, 7) is 0. The van der Waals surface area contributed by atoms with Crippen LogP contribution < -0.4 is 0 Å². The highest BCUT2D eigenvalue weighted by atomic mass is 16.6. The molecule has 2 bridgehead atoms. The number of hydrogen-bond acceptors (Lipinski definition) is 3. The Morgan fingerprint density at radius 1 is 1.27 bits per heavy atom. The molecule has 11 heavy (non-hydrogen) atoms. The van der Waals surface area contributed by atoms with Gasteiger partial charge in [0.25, 0.3) is 0 Å². The van der Waals surface area contributed by atoms with Crippen LogP contribution in [0.3, 0.4) is 0 Å². The quantitative estimate of drug-likeness (QED) is 0.483. The van der Waals surface area contributed by atoms with E-state index in [2.05, 4.69) is 11.9 Å². The van der Waals surface area contributed by atoms with Crippen LogP contribution in [0.4, 0.5) is 0 Å². The van der Waals surface area contributed by atoms with Crippen LogP contribution in [0, 0.1) is 0 Å². The molecule has 0 radical (unpaired) electrons. The van der Waals surface area contributed by atoms with Crippen molar-refractivity contribution in [3.63, 3.8) is 0 Å². The average molecular weight is 155 g/mol. The first-order valence-corrected chi connectivity index (χ1v) is 4.33. The summed E-state index contributed by atoms with van der Waals surface area (Å²) < 4.78 is 5.49. The Morgan fingerprint density at radius 3 is 2.36 bits per heavy atom. The van der Waals surface area contributed by atoms with Gasteiger partial charge in [-0.15, -0.1) is 0 Å². The monoisotopic (exact) mass is 155 g/mol. The van der Waals surface area contributed by atoms with E-state index in [4.69, 9.17) is 4.74 Å². The number of fused-ring (bicyclic) bond motifs is 5. The predicted octanol–water partition coefficient (Wildman–Crippen LogP) is -0.409. The molecule has 0 amide bonds. The van der Waals surface area contributed by atoms with E-state index in [1.54, 1.807) is 0 Å². The fraction of sp³-hybridized carbons (Fsp3) is 1.00. The summed E-state index contributed by atoms with van der Waals surface area (Å²) in [7, 11) is 2.15. The molecule has 3 fully saturated rings. The molecule has 0 aliphatic carbocycles. The summed E-state index contributed by atoms with van der Waals surface area (Å²) in [6, 6.07) is 1.02. The van der Waals surface area contributed by atoms with E-state index in [1.165, 1.54) is 0 Å². The predicted molar refractivity (Wildman–Crippen MR) is 39.2 cm³/mol. The molecule has 62 valence electrons. The number of nitrogens with zero attached hydrogens (tertiary/aromatic N) is 1. The number of epoxide rings is 1. The second-order valence-corrected chi connectivity index (χ2v) is 3.99. The Morgan fingerprint density at radius 2 is 1.82 bits per heavy atom. The molecule has 1 N–H and O–H groups in total. The van der Waals surface area contributed by atoms with Gasteiger partial charge in [-0.3, -0.25) is 4.90 Å². The molecule has 5 atom stereocenters. The van der Waals surface area contributed by atoms with Gasteiger partial charge in [-0.2, -0.15) is 0 Å². The topological polar surface area (TPSA) is 36.0 Å². The molecule has 3 rings (SSSR count). The lowest BCUT2D eigenvalue weighted by atomic mass is 10.00. The lowest BCUT2D eigenvalue weighted by Gasteiger charge is -2.36. The lowest BCUT2D eigenvalue weighted by molar-refractivity contribution is 0.00149. The van der Waals surface area contributed by atoms with Crippen LogP contribution in [0.1, 0.15) is 12.8 Å².